The minimum atomic E-state index is -1.08. The number of para-hydroxylation sites is 1. The Kier molecular flexibility index (Phi) is 3.09. The fourth-order valence-electron chi connectivity index (χ4n) is 2.32. The van der Waals surface area contributed by atoms with Gasteiger partial charge in [0.05, 0.1) is 24.0 Å². The molecule has 7 nitrogen and oxygen atoms in total. The largest absolute Gasteiger partial charge is 0.489 e. The average molecular weight is 287 g/mol. The number of aryl methyl sites for hydroxylation is 1. The van der Waals surface area contributed by atoms with Gasteiger partial charge in [0.1, 0.15) is 12.2 Å². The van der Waals surface area contributed by atoms with Crippen molar-refractivity contribution in [3.8, 4) is 5.75 Å². The van der Waals surface area contributed by atoms with E-state index in [2.05, 4.69) is 5.10 Å². The number of nitrogens with zero attached hydrogens (tertiary/aromatic N) is 3. The number of carboxylic acids is 1. The van der Waals surface area contributed by atoms with Crippen LogP contribution in [-0.2, 0) is 7.05 Å². The number of aromatic carboxylic acids is 1. The first kappa shape index (κ1) is 13.2. The van der Waals surface area contributed by atoms with Crippen LogP contribution in [0.4, 0.5) is 5.69 Å². The molecule has 21 heavy (non-hydrogen) atoms. The summed E-state index contributed by atoms with van der Waals surface area (Å²) in [6.45, 7) is 0.618. The van der Waals surface area contributed by atoms with Crippen LogP contribution in [0.3, 0.4) is 0 Å². The van der Waals surface area contributed by atoms with E-state index in [1.54, 1.807) is 30.1 Å². The second kappa shape index (κ2) is 4.93. The predicted molar refractivity (Wildman–Crippen MR) is 73.8 cm³/mol. The van der Waals surface area contributed by atoms with Crippen LogP contribution in [-0.4, -0.2) is 39.9 Å². The second-order valence-electron chi connectivity index (χ2n) is 4.67. The van der Waals surface area contributed by atoms with E-state index in [0.29, 0.717) is 17.8 Å². The lowest BCUT2D eigenvalue weighted by molar-refractivity contribution is 0.0690. The lowest BCUT2D eigenvalue weighted by Crippen LogP contribution is -2.38. The number of hydrogen-bond acceptors (Lipinski definition) is 4. The van der Waals surface area contributed by atoms with Gasteiger partial charge >= 0.3 is 5.97 Å². The first-order valence-electron chi connectivity index (χ1n) is 6.37. The molecule has 0 saturated carbocycles. The molecule has 1 N–H and O–H groups in total. The predicted octanol–water partition coefficient (Wildman–Crippen LogP) is 1.16. The zero-order chi connectivity index (χ0) is 15.0. The van der Waals surface area contributed by atoms with E-state index in [1.165, 1.54) is 17.2 Å². The number of fused-ring (bicyclic) bond motifs is 1. The zero-order valence-corrected chi connectivity index (χ0v) is 11.3. The Morgan fingerprint density at radius 2 is 2.19 bits per heavy atom. The summed E-state index contributed by atoms with van der Waals surface area (Å²) in [5, 5.41) is 13.2. The summed E-state index contributed by atoms with van der Waals surface area (Å²) in [6, 6.07) is 4.73. The quantitative estimate of drug-likeness (QED) is 0.895. The Morgan fingerprint density at radius 3 is 2.86 bits per heavy atom. The molecular formula is C14H13N3O4. The Balaban J connectivity index is 2.03. The van der Waals surface area contributed by atoms with Crippen LogP contribution in [0.5, 0.6) is 5.75 Å². The first-order chi connectivity index (χ1) is 10.1. The van der Waals surface area contributed by atoms with Crippen molar-refractivity contribution in [3.05, 3.63) is 41.7 Å². The highest BCUT2D eigenvalue weighted by molar-refractivity contribution is 6.08. The van der Waals surface area contributed by atoms with E-state index in [0.717, 1.165) is 0 Å². The van der Waals surface area contributed by atoms with E-state index < -0.39 is 5.97 Å². The summed E-state index contributed by atoms with van der Waals surface area (Å²) >= 11 is 0. The van der Waals surface area contributed by atoms with Crippen molar-refractivity contribution >= 4 is 17.6 Å². The summed E-state index contributed by atoms with van der Waals surface area (Å²) in [6.07, 6.45) is 3.11. The van der Waals surface area contributed by atoms with Crippen LogP contribution < -0.4 is 9.64 Å². The Hall–Kier alpha value is -2.83. The number of rotatable bonds is 2. The summed E-state index contributed by atoms with van der Waals surface area (Å²) in [5.74, 6) is -1.08. The van der Waals surface area contributed by atoms with Crippen molar-refractivity contribution in [3.63, 3.8) is 0 Å². The molecule has 1 aliphatic heterocycles. The third-order valence-corrected chi connectivity index (χ3v) is 3.27. The summed E-state index contributed by atoms with van der Waals surface area (Å²) in [7, 11) is 1.73. The maximum absolute atomic E-state index is 12.5. The molecule has 0 saturated heterocycles. The van der Waals surface area contributed by atoms with Gasteiger partial charge in [0.25, 0.3) is 5.91 Å². The minimum Gasteiger partial charge on any atom is -0.489 e. The molecule has 2 aromatic rings. The van der Waals surface area contributed by atoms with Crippen molar-refractivity contribution in [1.82, 2.24) is 9.78 Å². The lowest BCUT2D eigenvalue weighted by atomic mass is 10.1. The highest BCUT2D eigenvalue weighted by Crippen LogP contribution is 2.35. The molecular weight excluding hydrogens is 274 g/mol. The number of ether oxygens (including phenoxy) is 1. The van der Waals surface area contributed by atoms with Gasteiger partial charge in [0.2, 0.25) is 0 Å². The Morgan fingerprint density at radius 1 is 1.38 bits per heavy atom. The Bertz CT molecular complexity index is 723. The van der Waals surface area contributed by atoms with Gasteiger partial charge in [-0.2, -0.15) is 5.10 Å². The van der Waals surface area contributed by atoms with E-state index in [9.17, 15) is 14.7 Å². The third-order valence-electron chi connectivity index (χ3n) is 3.27. The molecule has 1 aromatic heterocycles. The zero-order valence-electron chi connectivity index (χ0n) is 11.3. The average Bonchev–Trinajstić information content (AvgIpc) is 2.91. The number of anilines is 1. The number of benzene rings is 1. The SMILES string of the molecule is Cn1cc(C(=O)N2CCOc3c(C(=O)O)cccc32)cn1. The molecule has 0 atom stereocenters. The van der Waals surface area contributed by atoms with Crippen LogP contribution in [0.15, 0.2) is 30.6 Å². The van der Waals surface area contributed by atoms with Crippen molar-refractivity contribution in [2.24, 2.45) is 7.05 Å². The summed E-state index contributed by atoms with van der Waals surface area (Å²) < 4.78 is 6.99. The van der Waals surface area contributed by atoms with Crippen LogP contribution in [0.2, 0.25) is 0 Å². The second-order valence-corrected chi connectivity index (χ2v) is 4.67. The van der Waals surface area contributed by atoms with Gasteiger partial charge < -0.3 is 14.7 Å². The molecule has 2 heterocycles. The summed E-state index contributed by atoms with van der Waals surface area (Å²) in [5.41, 5.74) is 0.970. The number of carboxylic acid groups (broad SMARTS) is 1. The monoisotopic (exact) mass is 287 g/mol. The van der Waals surface area contributed by atoms with E-state index >= 15 is 0 Å². The number of hydrogen-bond donors (Lipinski definition) is 1. The van der Waals surface area contributed by atoms with Gasteiger partial charge in [-0.1, -0.05) is 6.07 Å². The smallest absolute Gasteiger partial charge is 0.339 e. The molecule has 0 bridgehead atoms. The number of aromatic nitrogens is 2. The molecule has 7 heteroatoms. The van der Waals surface area contributed by atoms with Gasteiger partial charge in [0.15, 0.2) is 5.75 Å². The molecule has 0 aliphatic carbocycles. The van der Waals surface area contributed by atoms with Gasteiger partial charge in [0, 0.05) is 13.2 Å². The number of amides is 1. The van der Waals surface area contributed by atoms with Gasteiger partial charge in [-0.3, -0.25) is 9.48 Å². The molecule has 1 aromatic carbocycles. The number of carbonyl (C=O) groups is 2. The van der Waals surface area contributed by atoms with Crippen molar-refractivity contribution in [1.29, 1.82) is 0 Å². The highest BCUT2D eigenvalue weighted by Gasteiger charge is 2.28. The molecule has 108 valence electrons. The first-order valence-corrected chi connectivity index (χ1v) is 6.37. The molecule has 0 spiro atoms. The van der Waals surface area contributed by atoms with Crippen molar-refractivity contribution < 1.29 is 19.4 Å². The molecule has 0 fully saturated rings. The molecule has 1 amide bonds. The molecule has 3 rings (SSSR count). The Labute approximate surface area is 120 Å². The third kappa shape index (κ3) is 2.22. The fraction of sp³-hybridized carbons (Fsp3) is 0.214. The molecule has 1 aliphatic rings. The highest BCUT2D eigenvalue weighted by atomic mass is 16.5. The van der Waals surface area contributed by atoms with Gasteiger partial charge in [-0.05, 0) is 12.1 Å². The number of carbonyl (C=O) groups excluding carboxylic acids is 1. The van der Waals surface area contributed by atoms with Gasteiger partial charge in [-0.15, -0.1) is 0 Å². The standard InChI is InChI=1S/C14H13N3O4/c1-16-8-9(7-15-16)13(18)17-5-6-21-12-10(14(19)20)3-2-4-11(12)17/h2-4,7-8H,5-6H2,1H3,(H,19,20). The lowest BCUT2D eigenvalue weighted by Gasteiger charge is -2.30. The molecule has 0 radical (unpaired) electrons. The molecule has 0 unspecified atom stereocenters. The van der Waals surface area contributed by atoms with Crippen molar-refractivity contribution in [2.75, 3.05) is 18.1 Å². The van der Waals surface area contributed by atoms with E-state index in [-0.39, 0.29) is 23.8 Å². The van der Waals surface area contributed by atoms with Crippen LogP contribution in [0, 0.1) is 0 Å². The normalized spacial score (nSPS) is 13.5. The maximum Gasteiger partial charge on any atom is 0.339 e. The van der Waals surface area contributed by atoms with E-state index in [4.69, 9.17) is 4.74 Å². The van der Waals surface area contributed by atoms with Crippen LogP contribution in [0.1, 0.15) is 20.7 Å². The van der Waals surface area contributed by atoms with Crippen LogP contribution >= 0.6 is 0 Å². The fourth-order valence-corrected chi connectivity index (χ4v) is 2.32. The van der Waals surface area contributed by atoms with Crippen LogP contribution in [0.25, 0.3) is 0 Å². The van der Waals surface area contributed by atoms with Gasteiger partial charge in [-0.25, -0.2) is 4.79 Å². The topological polar surface area (TPSA) is 84.7 Å². The minimum absolute atomic E-state index is 0.0520. The van der Waals surface area contributed by atoms with E-state index in [1.807, 2.05) is 0 Å². The maximum atomic E-state index is 12.5. The van der Waals surface area contributed by atoms with Crippen molar-refractivity contribution in [2.45, 2.75) is 0 Å². The summed E-state index contributed by atoms with van der Waals surface area (Å²) in [4.78, 5) is 25.3.